The molecule has 5 heteroatoms. The number of benzene rings is 1. The van der Waals surface area contributed by atoms with Gasteiger partial charge in [0.1, 0.15) is 12.1 Å². The summed E-state index contributed by atoms with van der Waals surface area (Å²) in [6, 6.07) is 9.31. The molecule has 0 fully saturated rings. The highest BCUT2D eigenvalue weighted by Crippen LogP contribution is 2.23. The van der Waals surface area contributed by atoms with Crippen LogP contribution in [0.15, 0.2) is 30.3 Å². The molecule has 0 radical (unpaired) electrons. The first-order chi connectivity index (χ1) is 10.4. The summed E-state index contributed by atoms with van der Waals surface area (Å²) in [7, 11) is 1.48. The van der Waals surface area contributed by atoms with Gasteiger partial charge in [-0.05, 0) is 18.9 Å². The van der Waals surface area contributed by atoms with Crippen LogP contribution in [0.25, 0.3) is 0 Å². The van der Waals surface area contributed by atoms with Crippen LogP contribution >= 0.6 is 0 Å². The smallest absolute Gasteiger partial charge is 0.410 e. The molecule has 0 saturated carbocycles. The van der Waals surface area contributed by atoms with Gasteiger partial charge in [0, 0.05) is 7.05 Å². The molecule has 1 aromatic carbocycles. The van der Waals surface area contributed by atoms with E-state index in [4.69, 9.17) is 4.74 Å². The molecule has 0 aliphatic rings. The number of ether oxygens (including phenoxy) is 1. The summed E-state index contributed by atoms with van der Waals surface area (Å²) in [5, 5.41) is 9.49. The fourth-order valence-electron chi connectivity index (χ4n) is 2.15. The lowest BCUT2D eigenvalue weighted by atomic mass is 9.93. The van der Waals surface area contributed by atoms with Crippen molar-refractivity contribution in [2.45, 2.75) is 51.7 Å². The molecule has 0 aromatic heterocycles. The van der Waals surface area contributed by atoms with Crippen LogP contribution in [0.3, 0.4) is 0 Å². The van der Waals surface area contributed by atoms with Crippen LogP contribution in [-0.4, -0.2) is 34.7 Å². The van der Waals surface area contributed by atoms with Crippen molar-refractivity contribution in [1.29, 1.82) is 0 Å². The standard InChI is InChI=1S/C17H25NO4/c1-4-5-9-12-17(2,15(19)20)18(3)16(21)22-13-14-10-7-6-8-11-14/h6-8,10-11H,4-5,9,12-13H2,1-3H3,(H,19,20). The number of aliphatic carboxylic acids is 1. The minimum Gasteiger partial charge on any atom is -0.480 e. The van der Waals surface area contributed by atoms with Crippen molar-refractivity contribution in [2.75, 3.05) is 7.05 Å². The van der Waals surface area contributed by atoms with Crippen LogP contribution in [0.5, 0.6) is 0 Å². The first kappa shape index (κ1) is 18.0. The van der Waals surface area contributed by atoms with Gasteiger partial charge in [-0.1, -0.05) is 56.5 Å². The Bertz CT molecular complexity index is 489. The molecule has 0 aliphatic carbocycles. The van der Waals surface area contributed by atoms with Crippen molar-refractivity contribution in [2.24, 2.45) is 0 Å². The van der Waals surface area contributed by atoms with E-state index in [1.807, 2.05) is 30.3 Å². The molecule has 1 N–H and O–H groups in total. The molecule has 1 atom stereocenters. The maximum Gasteiger partial charge on any atom is 0.410 e. The Morgan fingerprint density at radius 2 is 1.86 bits per heavy atom. The molecule has 0 aliphatic heterocycles. The molecule has 0 heterocycles. The lowest BCUT2D eigenvalue weighted by Crippen LogP contribution is -2.53. The Morgan fingerprint density at radius 1 is 1.23 bits per heavy atom. The highest BCUT2D eigenvalue weighted by molar-refractivity contribution is 5.83. The van der Waals surface area contributed by atoms with Gasteiger partial charge in [-0.3, -0.25) is 4.90 Å². The second-order valence-electron chi connectivity index (χ2n) is 5.64. The van der Waals surface area contributed by atoms with Crippen molar-refractivity contribution >= 4 is 12.1 Å². The summed E-state index contributed by atoms with van der Waals surface area (Å²) in [4.78, 5) is 24.9. The maximum atomic E-state index is 12.1. The van der Waals surface area contributed by atoms with Gasteiger partial charge in [-0.2, -0.15) is 0 Å². The fourth-order valence-corrected chi connectivity index (χ4v) is 2.15. The number of likely N-dealkylation sites (N-methyl/N-ethyl adjacent to an activating group) is 1. The van der Waals surface area contributed by atoms with Gasteiger partial charge in [0.15, 0.2) is 0 Å². The quantitative estimate of drug-likeness (QED) is 0.744. The molecular formula is C17H25NO4. The molecule has 0 saturated heterocycles. The molecular weight excluding hydrogens is 282 g/mol. The van der Waals surface area contributed by atoms with E-state index in [2.05, 4.69) is 6.92 Å². The van der Waals surface area contributed by atoms with Gasteiger partial charge in [0.2, 0.25) is 0 Å². The minimum absolute atomic E-state index is 0.134. The number of carbonyl (C=O) groups is 2. The SMILES string of the molecule is CCCCCC(C)(C(=O)O)N(C)C(=O)OCc1ccccc1. The van der Waals surface area contributed by atoms with Crippen LogP contribution in [0.2, 0.25) is 0 Å². The van der Waals surface area contributed by atoms with Crippen molar-refractivity contribution < 1.29 is 19.4 Å². The van der Waals surface area contributed by atoms with E-state index in [1.165, 1.54) is 11.9 Å². The Balaban J connectivity index is 2.66. The van der Waals surface area contributed by atoms with Gasteiger partial charge >= 0.3 is 12.1 Å². The Hall–Kier alpha value is -2.04. The summed E-state index contributed by atoms with van der Waals surface area (Å²) in [6.45, 7) is 3.75. The number of hydrogen-bond acceptors (Lipinski definition) is 3. The maximum absolute atomic E-state index is 12.1. The number of amides is 1. The second kappa shape index (κ2) is 8.41. The van der Waals surface area contributed by atoms with E-state index in [-0.39, 0.29) is 6.61 Å². The average Bonchev–Trinajstić information content (AvgIpc) is 2.52. The van der Waals surface area contributed by atoms with Crippen molar-refractivity contribution in [3.8, 4) is 0 Å². The summed E-state index contributed by atoms with van der Waals surface area (Å²) in [5.41, 5.74) is -0.379. The normalized spacial score (nSPS) is 13.2. The van der Waals surface area contributed by atoms with Gasteiger partial charge in [-0.15, -0.1) is 0 Å². The number of nitrogens with zero attached hydrogens (tertiary/aromatic N) is 1. The first-order valence-corrected chi connectivity index (χ1v) is 7.59. The van der Waals surface area contributed by atoms with Crippen molar-refractivity contribution in [1.82, 2.24) is 4.90 Å². The van der Waals surface area contributed by atoms with Gasteiger partial charge in [0.25, 0.3) is 0 Å². The second-order valence-corrected chi connectivity index (χ2v) is 5.64. The summed E-state index contributed by atoms with van der Waals surface area (Å²) < 4.78 is 5.22. The average molecular weight is 307 g/mol. The number of unbranched alkanes of at least 4 members (excludes halogenated alkanes) is 2. The summed E-state index contributed by atoms with van der Waals surface area (Å²) in [6.07, 6.45) is 2.49. The monoisotopic (exact) mass is 307 g/mol. The number of carboxylic acid groups (broad SMARTS) is 1. The zero-order valence-electron chi connectivity index (χ0n) is 13.5. The van der Waals surface area contributed by atoms with Crippen LogP contribution in [0, 0.1) is 0 Å². The zero-order valence-corrected chi connectivity index (χ0v) is 13.5. The van der Waals surface area contributed by atoms with E-state index in [0.717, 1.165) is 24.8 Å². The minimum atomic E-state index is -1.25. The van der Waals surface area contributed by atoms with Gasteiger partial charge in [-0.25, -0.2) is 9.59 Å². The predicted octanol–water partition coefficient (Wildman–Crippen LogP) is 3.68. The molecule has 122 valence electrons. The van der Waals surface area contributed by atoms with Gasteiger partial charge < -0.3 is 9.84 Å². The molecule has 1 aromatic rings. The molecule has 0 spiro atoms. The number of carbonyl (C=O) groups excluding carboxylic acids is 1. The van der Waals surface area contributed by atoms with Gasteiger partial charge in [0.05, 0.1) is 0 Å². The highest BCUT2D eigenvalue weighted by atomic mass is 16.6. The fraction of sp³-hybridized carbons (Fsp3) is 0.529. The Kier molecular flexibility index (Phi) is 6.89. The van der Waals surface area contributed by atoms with Crippen molar-refractivity contribution in [3.05, 3.63) is 35.9 Å². The van der Waals surface area contributed by atoms with E-state index in [1.54, 1.807) is 6.92 Å². The van der Waals surface area contributed by atoms with E-state index >= 15 is 0 Å². The molecule has 22 heavy (non-hydrogen) atoms. The number of rotatable bonds is 8. The van der Waals surface area contributed by atoms with Crippen LogP contribution in [0.4, 0.5) is 4.79 Å². The third-order valence-electron chi connectivity index (χ3n) is 3.95. The Labute approximate surface area is 131 Å². The summed E-state index contributed by atoms with van der Waals surface area (Å²) >= 11 is 0. The molecule has 0 bridgehead atoms. The topological polar surface area (TPSA) is 66.8 Å². The molecule has 5 nitrogen and oxygen atoms in total. The van der Waals surface area contributed by atoms with Crippen LogP contribution in [-0.2, 0) is 16.1 Å². The Morgan fingerprint density at radius 3 is 2.41 bits per heavy atom. The highest BCUT2D eigenvalue weighted by Gasteiger charge is 2.40. The number of hydrogen-bond donors (Lipinski definition) is 1. The lowest BCUT2D eigenvalue weighted by molar-refractivity contribution is -0.149. The van der Waals surface area contributed by atoms with E-state index < -0.39 is 17.6 Å². The molecule has 1 rings (SSSR count). The third-order valence-corrected chi connectivity index (χ3v) is 3.95. The zero-order chi connectivity index (χ0) is 16.6. The van der Waals surface area contributed by atoms with E-state index in [9.17, 15) is 14.7 Å². The predicted molar refractivity (Wildman–Crippen MR) is 84.6 cm³/mol. The largest absolute Gasteiger partial charge is 0.480 e. The van der Waals surface area contributed by atoms with Crippen LogP contribution in [0.1, 0.15) is 45.1 Å². The van der Waals surface area contributed by atoms with Crippen LogP contribution < -0.4 is 0 Å². The van der Waals surface area contributed by atoms with Crippen molar-refractivity contribution in [3.63, 3.8) is 0 Å². The van der Waals surface area contributed by atoms with E-state index in [0.29, 0.717) is 6.42 Å². The summed E-state index contributed by atoms with van der Waals surface area (Å²) in [5.74, 6) is -1.01. The first-order valence-electron chi connectivity index (χ1n) is 7.59. The lowest BCUT2D eigenvalue weighted by Gasteiger charge is -2.34. The molecule has 1 amide bonds. The third kappa shape index (κ3) is 4.76. The molecule has 1 unspecified atom stereocenters. The number of carboxylic acids is 1.